The number of rotatable bonds is 6. The maximum Gasteiger partial charge on any atom is 0.373 e. The zero-order valence-corrected chi connectivity index (χ0v) is 19.5. The van der Waals surface area contributed by atoms with Crippen molar-refractivity contribution in [3.8, 4) is 0 Å². The minimum atomic E-state index is 0.0370. The van der Waals surface area contributed by atoms with Crippen LogP contribution in [0.1, 0.15) is 36.6 Å². The molecule has 0 atom stereocenters. The predicted molar refractivity (Wildman–Crippen MR) is 119 cm³/mol. The summed E-state index contributed by atoms with van der Waals surface area (Å²) in [5, 5.41) is 6.15. The lowest BCUT2D eigenvalue weighted by molar-refractivity contribution is -0.191. The molecule has 0 bridgehead atoms. The van der Waals surface area contributed by atoms with Crippen molar-refractivity contribution in [2.24, 2.45) is 7.05 Å². The fourth-order valence-electron chi connectivity index (χ4n) is 3.36. The van der Waals surface area contributed by atoms with Crippen molar-refractivity contribution in [1.29, 1.82) is 0 Å². The molecule has 3 rings (SSSR count). The summed E-state index contributed by atoms with van der Waals surface area (Å²) in [4.78, 5) is 39.3. The molecule has 0 aliphatic heterocycles. The third-order valence-corrected chi connectivity index (χ3v) is 5.02. The molecule has 0 N–H and O–H groups in total. The maximum atomic E-state index is 12.6. The quantitative estimate of drug-likeness (QED) is 0.513. The van der Waals surface area contributed by atoms with Gasteiger partial charge < -0.3 is 4.90 Å². The average Bonchev–Trinajstić information content (AvgIpc) is 2.94. The van der Waals surface area contributed by atoms with Gasteiger partial charge in [0.1, 0.15) is 16.1 Å². The van der Waals surface area contributed by atoms with Gasteiger partial charge in [-0.05, 0) is 42.2 Å². The van der Waals surface area contributed by atoms with Crippen LogP contribution in [0.5, 0.6) is 0 Å². The summed E-state index contributed by atoms with van der Waals surface area (Å²) in [5.41, 5.74) is 3.71. The van der Waals surface area contributed by atoms with Crippen molar-refractivity contribution in [2.45, 2.75) is 33.1 Å². The van der Waals surface area contributed by atoms with Crippen molar-refractivity contribution in [3.05, 3.63) is 45.3 Å². The van der Waals surface area contributed by atoms with E-state index in [-0.39, 0.29) is 35.2 Å². The molecular weight excluding hydrogens is 441 g/mol. The molecule has 0 aliphatic rings. The number of hydrogen-bond donors (Lipinski definition) is 0. The van der Waals surface area contributed by atoms with E-state index in [1.165, 1.54) is 5.56 Å². The van der Waals surface area contributed by atoms with E-state index < -0.39 is 0 Å². The Labute approximate surface area is 190 Å². The van der Waals surface area contributed by atoms with Crippen LogP contribution in [0.2, 0.25) is 10.3 Å². The second kappa shape index (κ2) is 10.5. The van der Waals surface area contributed by atoms with E-state index in [2.05, 4.69) is 30.0 Å². The lowest BCUT2D eigenvalue weighted by Gasteiger charge is -2.20. The Morgan fingerprint density at radius 2 is 1.74 bits per heavy atom. The van der Waals surface area contributed by atoms with Crippen LogP contribution < -0.4 is 4.90 Å². The molecule has 0 saturated heterocycles. The Bertz CT molecular complexity index is 1120. The third-order valence-electron chi connectivity index (χ3n) is 4.64. The number of aryl methyl sites for hydroxylation is 2. The smallest absolute Gasteiger partial charge is 0.352 e. The summed E-state index contributed by atoms with van der Waals surface area (Å²) in [6, 6.07) is 5.37. The van der Waals surface area contributed by atoms with E-state index in [4.69, 9.17) is 37.8 Å². The number of ketones is 1. The van der Waals surface area contributed by atoms with Gasteiger partial charge in [-0.3, -0.25) is 9.48 Å². The highest BCUT2D eigenvalue weighted by Crippen LogP contribution is 2.30. The van der Waals surface area contributed by atoms with Crippen molar-refractivity contribution < 1.29 is 14.4 Å². The van der Waals surface area contributed by atoms with E-state index in [0.29, 0.717) is 5.92 Å². The lowest BCUT2D eigenvalue weighted by atomic mass is 9.99. The molecule has 10 heteroatoms. The number of fused-ring (bicyclic) bond motifs is 1. The SMILES string of the molecule is Cc1nn(C)c2nc(N(C)CC(=O)Cc3cc(Cl)nc(Cl)c3)cc(C(C)C)c12.O=C=O. The molecule has 0 aromatic carbocycles. The Morgan fingerprint density at radius 3 is 2.29 bits per heavy atom. The van der Waals surface area contributed by atoms with Crippen LogP contribution in [0, 0.1) is 6.92 Å². The summed E-state index contributed by atoms with van der Waals surface area (Å²) < 4.78 is 1.79. The van der Waals surface area contributed by atoms with E-state index in [1.807, 2.05) is 25.9 Å². The van der Waals surface area contributed by atoms with E-state index in [1.54, 1.807) is 16.8 Å². The van der Waals surface area contributed by atoms with Gasteiger partial charge in [0.25, 0.3) is 0 Å². The van der Waals surface area contributed by atoms with Gasteiger partial charge in [0.2, 0.25) is 0 Å². The molecule has 0 radical (unpaired) electrons. The average molecular weight is 464 g/mol. The number of carbonyl (C=O) groups is 1. The molecule has 0 fully saturated rings. The molecule has 0 spiro atoms. The third kappa shape index (κ3) is 6.10. The van der Waals surface area contributed by atoms with Gasteiger partial charge in [-0.2, -0.15) is 14.7 Å². The molecule has 3 heterocycles. The lowest BCUT2D eigenvalue weighted by Crippen LogP contribution is -2.27. The van der Waals surface area contributed by atoms with Gasteiger partial charge in [0.05, 0.1) is 12.2 Å². The normalized spacial score (nSPS) is 10.6. The highest BCUT2D eigenvalue weighted by Gasteiger charge is 2.18. The molecule has 0 aliphatic carbocycles. The molecule has 31 heavy (non-hydrogen) atoms. The van der Waals surface area contributed by atoms with Crippen LogP contribution in [0.3, 0.4) is 0 Å². The van der Waals surface area contributed by atoms with Gasteiger partial charge in [0.15, 0.2) is 11.4 Å². The molecule has 0 unspecified atom stereocenters. The fourth-order valence-corrected chi connectivity index (χ4v) is 3.87. The number of aromatic nitrogens is 4. The van der Waals surface area contributed by atoms with Crippen LogP contribution >= 0.6 is 23.2 Å². The van der Waals surface area contributed by atoms with Crippen LogP contribution in [0.25, 0.3) is 11.0 Å². The van der Waals surface area contributed by atoms with Gasteiger partial charge in [0, 0.05) is 25.9 Å². The summed E-state index contributed by atoms with van der Waals surface area (Å²) >= 11 is 11.8. The minimum absolute atomic E-state index is 0.0370. The number of nitrogens with zero attached hydrogens (tertiary/aromatic N) is 5. The van der Waals surface area contributed by atoms with E-state index >= 15 is 0 Å². The van der Waals surface area contributed by atoms with Crippen molar-refractivity contribution in [2.75, 3.05) is 18.5 Å². The van der Waals surface area contributed by atoms with Gasteiger partial charge in [-0.15, -0.1) is 0 Å². The summed E-state index contributed by atoms with van der Waals surface area (Å²) in [7, 11) is 3.75. The summed E-state index contributed by atoms with van der Waals surface area (Å²) in [6.45, 7) is 6.51. The van der Waals surface area contributed by atoms with Crippen molar-refractivity contribution in [1.82, 2.24) is 19.7 Å². The first-order chi connectivity index (χ1) is 14.6. The Morgan fingerprint density at radius 1 is 1.16 bits per heavy atom. The zero-order valence-electron chi connectivity index (χ0n) is 17.9. The van der Waals surface area contributed by atoms with Crippen molar-refractivity contribution in [3.63, 3.8) is 0 Å². The molecule has 0 saturated carbocycles. The molecule has 0 amide bonds. The molecule has 3 aromatic heterocycles. The first kappa shape index (κ1) is 24.5. The number of likely N-dealkylation sites (N-methyl/N-ethyl adjacent to an activating group) is 1. The van der Waals surface area contributed by atoms with E-state index in [9.17, 15) is 4.79 Å². The second-order valence-electron chi connectivity index (χ2n) is 7.41. The monoisotopic (exact) mass is 463 g/mol. The van der Waals surface area contributed by atoms with Crippen LogP contribution in [-0.2, 0) is 27.9 Å². The van der Waals surface area contributed by atoms with Crippen LogP contribution in [0.4, 0.5) is 5.82 Å². The van der Waals surface area contributed by atoms with Crippen LogP contribution in [-0.4, -0.2) is 45.3 Å². The second-order valence-corrected chi connectivity index (χ2v) is 8.18. The first-order valence-corrected chi connectivity index (χ1v) is 10.2. The number of carbonyl (C=O) groups excluding carboxylic acids is 3. The van der Waals surface area contributed by atoms with Crippen LogP contribution in [0.15, 0.2) is 18.2 Å². The predicted octanol–water partition coefficient (Wildman–Crippen LogP) is 3.77. The summed E-state index contributed by atoms with van der Waals surface area (Å²) in [5.74, 6) is 1.10. The number of anilines is 1. The van der Waals surface area contributed by atoms with Gasteiger partial charge in [-0.25, -0.2) is 9.97 Å². The zero-order chi connectivity index (χ0) is 23.3. The highest BCUT2D eigenvalue weighted by molar-refractivity contribution is 6.32. The van der Waals surface area contributed by atoms with E-state index in [0.717, 1.165) is 28.1 Å². The fraction of sp³-hybridized carbons (Fsp3) is 0.381. The Hall–Kier alpha value is -2.80. The molecule has 3 aromatic rings. The molecule has 164 valence electrons. The standard InChI is InChI=1S/C20H23Cl2N5O.CO2/c1-11(2)15-9-18(24-20-19(15)12(3)25-27(20)5)26(4)10-14(28)6-13-7-16(21)23-17(22)8-13;2-1-3/h7-9,11H,6,10H2,1-5H3;. The van der Waals surface area contributed by atoms with Gasteiger partial charge in [-0.1, -0.05) is 37.0 Å². The highest BCUT2D eigenvalue weighted by atomic mass is 35.5. The number of halogens is 2. The Kier molecular flexibility index (Phi) is 8.28. The number of hydrogen-bond acceptors (Lipinski definition) is 7. The van der Waals surface area contributed by atoms with Crippen molar-refractivity contribution >= 4 is 52.0 Å². The minimum Gasteiger partial charge on any atom is -0.352 e. The molecule has 8 nitrogen and oxygen atoms in total. The maximum absolute atomic E-state index is 12.6. The topological polar surface area (TPSA) is 98.1 Å². The van der Waals surface area contributed by atoms with Gasteiger partial charge >= 0.3 is 6.15 Å². The summed E-state index contributed by atoms with van der Waals surface area (Å²) in [6.07, 6.45) is 0.483. The first-order valence-electron chi connectivity index (χ1n) is 9.45. The Balaban J connectivity index is 0.00000107. The number of Topliss-reactive ketones (excluding diaryl/α,β-unsaturated/α-hetero) is 1. The molecular formula is C21H23Cl2N5O3. The largest absolute Gasteiger partial charge is 0.373 e. The number of pyridine rings is 2.